The molecule has 1 aliphatic heterocycles. The van der Waals surface area contributed by atoms with E-state index >= 15 is 0 Å². The Bertz CT molecular complexity index is 493. The van der Waals surface area contributed by atoms with Crippen molar-refractivity contribution in [3.63, 3.8) is 0 Å². The number of nitrogens with zero attached hydrogens (tertiary/aromatic N) is 1. The van der Waals surface area contributed by atoms with Gasteiger partial charge in [0.05, 0.1) is 0 Å². The van der Waals surface area contributed by atoms with Crippen molar-refractivity contribution in [2.75, 3.05) is 6.54 Å². The second-order valence-corrected chi connectivity index (χ2v) is 4.08. The first-order valence-corrected chi connectivity index (χ1v) is 5.28. The Morgan fingerprint density at radius 2 is 2.24 bits per heavy atom. The van der Waals surface area contributed by atoms with Crippen molar-refractivity contribution in [1.82, 2.24) is 4.90 Å². The van der Waals surface area contributed by atoms with Gasteiger partial charge in [-0.1, -0.05) is 0 Å². The van der Waals surface area contributed by atoms with Crippen molar-refractivity contribution in [3.05, 3.63) is 35.4 Å². The highest BCUT2D eigenvalue weighted by Crippen LogP contribution is 2.20. The first kappa shape index (κ1) is 11.6. The maximum Gasteiger partial charge on any atom is 0.224 e. The number of benzene rings is 1. The molecule has 1 saturated heterocycles. The molecule has 1 aromatic rings. The molecular weight excluding hydrogens is 224 g/mol. The Balaban J connectivity index is 2.14. The first-order valence-electron chi connectivity index (χ1n) is 5.28. The molecule has 0 N–H and O–H groups in total. The zero-order valence-electron chi connectivity index (χ0n) is 9.12. The number of halogens is 2. The molecule has 0 bridgehead atoms. The average molecular weight is 235 g/mol. The van der Waals surface area contributed by atoms with Crippen molar-refractivity contribution in [2.45, 2.75) is 13.0 Å². The van der Waals surface area contributed by atoms with Gasteiger partial charge in [-0.25, -0.2) is 8.78 Å². The van der Waals surface area contributed by atoms with Gasteiger partial charge in [-0.15, -0.1) is 12.3 Å². The average Bonchev–Trinajstić information content (AvgIpc) is 2.65. The number of hydrogen-bond donors (Lipinski definition) is 0. The van der Waals surface area contributed by atoms with Crippen LogP contribution in [0.15, 0.2) is 18.2 Å². The number of carbonyl (C=O) groups excluding carboxylic acids is 1. The number of likely N-dealkylation sites (tertiary alicyclic amines) is 1. The molecule has 1 amide bonds. The van der Waals surface area contributed by atoms with Gasteiger partial charge >= 0.3 is 0 Å². The molecule has 4 heteroatoms. The van der Waals surface area contributed by atoms with Crippen molar-refractivity contribution >= 4 is 5.91 Å². The number of rotatable bonds is 2. The van der Waals surface area contributed by atoms with E-state index in [9.17, 15) is 13.6 Å². The van der Waals surface area contributed by atoms with Crippen LogP contribution >= 0.6 is 0 Å². The minimum atomic E-state index is -0.512. The number of hydrogen-bond acceptors (Lipinski definition) is 1. The molecule has 2 nitrogen and oxygen atoms in total. The Labute approximate surface area is 98.2 Å². The normalized spacial score (nSPS) is 19.5. The Morgan fingerprint density at radius 3 is 2.88 bits per heavy atom. The van der Waals surface area contributed by atoms with Gasteiger partial charge in [-0.3, -0.25) is 4.79 Å². The van der Waals surface area contributed by atoms with Crippen LogP contribution in [0.25, 0.3) is 0 Å². The summed E-state index contributed by atoms with van der Waals surface area (Å²) in [7, 11) is 0. The molecule has 1 atom stereocenters. The lowest BCUT2D eigenvalue weighted by Gasteiger charge is -2.16. The van der Waals surface area contributed by atoms with Crippen LogP contribution in [0.5, 0.6) is 0 Å². The predicted octanol–water partition coefficient (Wildman–Crippen LogP) is 1.95. The van der Waals surface area contributed by atoms with Crippen LogP contribution in [0.2, 0.25) is 0 Å². The molecule has 1 aromatic carbocycles. The van der Waals surface area contributed by atoms with Gasteiger partial charge in [0.2, 0.25) is 5.91 Å². The van der Waals surface area contributed by atoms with Crippen LogP contribution in [-0.4, -0.2) is 17.4 Å². The molecule has 2 rings (SSSR count). The van der Waals surface area contributed by atoms with Crippen molar-refractivity contribution < 1.29 is 13.6 Å². The van der Waals surface area contributed by atoms with Crippen LogP contribution < -0.4 is 0 Å². The van der Waals surface area contributed by atoms with Gasteiger partial charge in [-0.05, 0) is 18.2 Å². The lowest BCUT2D eigenvalue weighted by molar-refractivity contribution is -0.128. The second kappa shape index (κ2) is 4.54. The predicted molar refractivity (Wildman–Crippen MR) is 58.7 cm³/mol. The quantitative estimate of drug-likeness (QED) is 0.717. The summed E-state index contributed by atoms with van der Waals surface area (Å²) in [6.45, 7) is 0.478. The summed E-state index contributed by atoms with van der Waals surface area (Å²) in [5.41, 5.74) is 0.177. The molecule has 88 valence electrons. The van der Waals surface area contributed by atoms with Gasteiger partial charge < -0.3 is 4.90 Å². The SMILES string of the molecule is C#CC1CC(=O)N(Cc2cc(F)ccc2F)C1. The molecule has 1 aliphatic rings. The summed E-state index contributed by atoms with van der Waals surface area (Å²) in [4.78, 5) is 13.0. The van der Waals surface area contributed by atoms with E-state index in [1.807, 2.05) is 0 Å². The zero-order valence-corrected chi connectivity index (χ0v) is 9.12. The van der Waals surface area contributed by atoms with E-state index in [4.69, 9.17) is 6.42 Å². The van der Waals surface area contributed by atoms with E-state index in [0.29, 0.717) is 6.54 Å². The van der Waals surface area contributed by atoms with E-state index < -0.39 is 11.6 Å². The maximum absolute atomic E-state index is 13.4. The maximum atomic E-state index is 13.4. The van der Waals surface area contributed by atoms with E-state index in [-0.39, 0.29) is 30.4 Å². The van der Waals surface area contributed by atoms with Crippen molar-refractivity contribution in [1.29, 1.82) is 0 Å². The Kier molecular flexibility index (Phi) is 3.10. The Morgan fingerprint density at radius 1 is 1.47 bits per heavy atom. The van der Waals surface area contributed by atoms with Crippen LogP contribution in [0.3, 0.4) is 0 Å². The standard InChI is InChI=1S/C13H11F2NO/c1-2-9-5-13(17)16(7-9)8-10-6-11(14)3-4-12(10)15/h1,3-4,6,9H,5,7-8H2. The summed E-state index contributed by atoms with van der Waals surface area (Å²) in [6, 6.07) is 3.21. The summed E-state index contributed by atoms with van der Waals surface area (Å²) < 4.78 is 26.3. The molecular formula is C13H11F2NO. The molecule has 0 spiro atoms. The van der Waals surface area contributed by atoms with Crippen LogP contribution in [0, 0.1) is 29.9 Å². The molecule has 0 saturated carbocycles. The number of amides is 1. The fourth-order valence-electron chi connectivity index (χ4n) is 1.91. The lowest BCUT2D eigenvalue weighted by atomic mass is 10.1. The third-order valence-electron chi connectivity index (χ3n) is 2.82. The van der Waals surface area contributed by atoms with E-state index in [0.717, 1.165) is 18.2 Å². The van der Waals surface area contributed by atoms with Crippen LogP contribution in [0.1, 0.15) is 12.0 Å². The highest BCUT2D eigenvalue weighted by atomic mass is 19.1. The molecule has 0 radical (unpaired) electrons. The summed E-state index contributed by atoms with van der Waals surface area (Å²) in [5.74, 6) is 1.24. The molecule has 0 aromatic heterocycles. The Hall–Kier alpha value is -1.89. The van der Waals surface area contributed by atoms with Gasteiger partial charge in [0.15, 0.2) is 0 Å². The number of terminal acetylenes is 1. The van der Waals surface area contributed by atoms with Crippen LogP contribution in [0.4, 0.5) is 8.78 Å². The molecule has 0 aliphatic carbocycles. The third kappa shape index (κ3) is 2.44. The lowest BCUT2D eigenvalue weighted by Crippen LogP contribution is -2.25. The smallest absolute Gasteiger partial charge is 0.224 e. The highest BCUT2D eigenvalue weighted by Gasteiger charge is 2.28. The van der Waals surface area contributed by atoms with Gasteiger partial charge in [0.25, 0.3) is 0 Å². The van der Waals surface area contributed by atoms with E-state index in [1.54, 1.807) is 0 Å². The van der Waals surface area contributed by atoms with E-state index in [1.165, 1.54) is 4.90 Å². The largest absolute Gasteiger partial charge is 0.337 e. The fourth-order valence-corrected chi connectivity index (χ4v) is 1.91. The van der Waals surface area contributed by atoms with Gasteiger partial charge in [0, 0.05) is 31.0 Å². The second-order valence-electron chi connectivity index (χ2n) is 4.08. The molecule has 17 heavy (non-hydrogen) atoms. The van der Waals surface area contributed by atoms with Gasteiger partial charge in [-0.2, -0.15) is 0 Å². The molecule has 1 unspecified atom stereocenters. The summed E-state index contributed by atoms with van der Waals surface area (Å²) in [5, 5.41) is 0. The fraction of sp³-hybridized carbons (Fsp3) is 0.308. The number of carbonyl (C=O) groups is 1. The topological polar surface area (TPSA) is 20.3 Å². The molecule has 1 heterocycles. The highest BCUT2D eigenvalue weighted by molar-refractivity contribution is 5.79. The minimum Gasteiger partial charge on any atom is -0.337 e. The van der Waals surface area contributed by atoms with Crippen molar-refractivity contribution in [2.24, 2.45) is 5.92 Å². The molecule has 1 fully saturated rings. The van der Waals surface area contributed by atoms with Crippen molar-refractivity contribution in [3.8, 4) is 12.3 Å². The zero-order chi connectivity index (χ0) is 12.4. The van der Waals surface area contributed by atoms with E-state index in [2.05, 4.69) is 5.92 Å². The summed E-state index contributed by atoms with van der Waals surface area (Å²) >= 11 is 0. The third-order valence-corrected chi connectivity index (χ3v) is 2.82. The minimum absolute atomic E-state index is 0.0700. The van der Waals surface area contributed by atoms with Gasteiger partial charge in [0.1, 0.15) is 11.6 Å². The first-order chi connectivity index (χ1) is 8.10. The summed E-state index contributed by atoms with van der Waals surface area (Å²) in [6.07, 6.45) is 5.53. The monoisotopic (exact) mass is 235 g/mol. The van der Waals surface area contributed by atoms with Crippen LogP contribution in [-0.2, 0) is 11.3 Å².